The molecule has 1 saturated heterocycles. The fourth-order valence-corrected chi connectivity index (χ4v) is 7.37. The highest BCUT2D eigenvalue weighted by molar-refractivity contribution is 6.25. The van der Waals surface area contributed by atoms with Gasteiger partial charge in [-0.25, -0.2) is 4.79 Å². The van der Waals surface area contributed by atoms with Crippen LogP contribution in [-0.4, -0.2) is 145 Å². The van der Waals surface area contributed by atoms with Crippen LogP contribution in [0.1, 0.15) is 24.5 Å². The summed E-state index contributed by atoms with van der Waals surface area (Å²) in [5.41, 5.74) is -6.40. The highest BCUT2D eigenvalue weighted by Gasteiger charge is 2.66. The van der Waals surface area contributed by atoms with Crippen LogP contribution in [0.5, 0.6) is 5.75 Å². The minimum Gasteiger partial charge on any atom is -0.508 e. The molecule has 0 radical (unpaired) electrons. The molecule has 4 aliphatic rings. The number of hydrogen-bond donors (Lipinski definition) is 8. The number of piperazine rings is 1. The van der Waals surface area contributed by atoms with Gasteiger partial charge in [0.05, 0.1) is 23.8 Å². The summed E-state index contributed by atoms with van der Waals surface area (Å²) in [6.07, 6.45) is -1.93. The zero-order chi connectivity index (χ0) is 33.2. The number of amides is 1. The minimum atomic E-state index is -2.93. The number of fused-ring (bicyclic) bond motifs is 3. The Kier molecular flexibility index (Phi) is 8.31. The third-order valence-electron chi connectivity index (χ3n) is 9.69. The van der Waals surface area contributed by atoms with Gasteiger partial charge in [-0.3, -0.25) is 29.1 Å². The average Bonchev–Trinajstić information content (AvgIpc) is 2.97. The highest BCUT2D eigenvalue weighted by Crippen LogP contribution is 2.57. The number of aliphatic hydroxyl groups is 5. The number of aromatic hydroxyl groups is 1. The summed E-state index contributed by atoms with van der Waals surface area (Å²) in [6.45, 7) is 2.88. The van der Waals surface area contributed by atoms with Crippen molar-refractivity contribution in [3.8, 4) is 5.75 Å². The minimum absolute atomic E-state index is 0.0784. The van der Waals surface area contributed by atoms with Crippen LogP contribution >= 0.6 is 0 Å². The van der Waals surface area contributed by atoms with Gasteiger partial charge in [-0.1, -0.05) is 12.1 Å². The largest absolute Gasteiger partial charge is 0.508 e. The quantitative estimate of drug-likeness (QED) is 0.157. The van der Waals surface area contributed by atoms with Crippen LogP contribution in [0.15, 0.2) is 35.1 Å². The molecule has 1 aromatic carbocycles. The summed E-state index contributed by atoms with van der Waals surface area (Å²) in [7, 11) is 2.93. The van der Waals surface area contributed by atoms with Gasteiger partial charge in [0, 0.05) is 50.1 Å². The van der Waals surface area contributed by atoms with Crippen molar-refractivity contribution >= 4 is 29.2 Å². The smallest absolute Gasteiger partial charge is 0.341 e. The first-order valence-electron chi connectivity index (χ1n) is 14.6. The zero-order valence-corrected chi connectivity index (χ0v) is 25.1. The first kappa shape index (κ1) is 32.5. The number of carboxylic acids is 1. The molecule has 0 aromatic heterocycles. The number of carboxylic acid groups (broad SMARTS) is 1. The summed E-state index contributed by atoms with van der Waals surface area (Å²) in [4.78, 5) is 58.7. The Balaban J connectivity index is 1.58. The molecule has 2 unspecified atom stereocenters. The molecule has 8 N–H and O–H groups in total. The molecule has 1 aliphatic heterocycles. The van der Waals surface area contributed by atoms with E-state index in [9.17, 15) is 54.9 Å². The first-order chi connectivity index (χ1) is 21.1. The molecule has 1 amide bonds. The van der Waals surface area contributed by atoms with E-state index in [1.165, 1.54) is 49.0 Å². The van der Waals surface area contributed by atoms with Gasteiger partial charge in [0.1, 0.15) is 22.8 Å². The number of benzene rings is 1. The number of aliphatic hydroxyl groups excluding tert-OH is 3. The number of phenols is 1. The van der Waals surface area contributed by atoms with Gasteiger partial charge in [0.2, 0.25) is 5.78 Å². The van der Waals surface area contributed by atoms with Crippen molar-refractivity contribution in [2.24, 2.45) is 11.8 Å². The number of nitrogens with zero attached hydrogens (tertiary/aromatic N) is 3. The molecule has 0 bridgehead atoms. The van der Waals surface area contributed by atoms with Crippen molar-refractivity contribution in [3.05, 3.63) is 46.2 Å². The van der Waals surface area contributed by atoms with E-state index < -0.39 is 87.1 Å². The van der Waals surface area contributed by atoms with E-state index in [-0.39, 0.29) is 37.2 Å². The van der Waals surface area contributed by atoms with E-state index in [0.717, 1.165) is 0 Å². The topological polar surface area (TPSA) is 232 Å². The lowest BCUT2D eigenvalue weighted by molar-refractivity contribution is -0.159. The van der Waals surface area contributed by atoms with Gasteiger partial charge < -0.3 is 41.1 Å². The van der Waals surface area contributed by atoms with E-state index in [1.54, 1.807) is 0 Å². The maximum absolute atomic E-state index is 14.2. The van der Waals surface area contributed by atoms with Crippen LogP contribution in [0.25, 0.3) is 5.76 Å². The predicted molar refractivity (Wildman–Crippen MR) is 156 cm³/mol. The molecule has 1 aromatic rings. The average molecular weight is 631 g/mol. The van der Waals surface area contributed by atoms with Crippen LogP contribution in [0, 0.1) is 11.8 Å². The molecule has 244 valence electrons. The lowest BCUT2D eigenvalue weighted by atomic mass is 9.54. The second-order valence-electron chi connectivity index (χ2n) is 12.4. The Labute approximate surface area is 258 Å². The Morgan fingerprint density at radius 3 is 2.31 bits per heavy atom. The molecule has 2 fully saturated rings. The maximum Gasteiger partial charge on any atom is 0.341 e. The fraction of sp³-hybridized carbons (Fsp3) is 0.533. The number of likely N-dealkylation sites (N-methyl/N-ethyl adjacent to an activating group) is 1. The van der Waals surface area contributed by atoms with Crippen LogP contribution in [0.3, 0.4) is 0 Å². The molecule has 5 rings (SSSR count). The standard InChI is InChI=1S/C30H38N4O11/c1-29(44)14-5-4-6-17(36)18(14)22(37)19-15(29)13-16-21(32(2)3)23(38)20(25(40)30(16,45)24(19)39)27(41)31-26(28(42)43)34-9-7-33(8-10-34)11-12-35/h4-6,15-16,21,26,35-37,40,44-45H,7-13H2,1-3H3,(H,31,41)(H,42,43)/t15?,16-,21-,26?,29+,30-/m0/s1. The molecule has 1 heterocycles. The number of carbonyl (C=O) groups is 4. The zero-order valence-electron chi connectivity index (χ0n) is 25.1. The Bertz CT molecular complexity index is 1510. The summed E-state index contributed by atoms with van der Waals surface area (Å²) < 4.78 is 0. The molecule has 15 heteroatoms. The second kappa shape index (κ2) is 11.5. The molecule has 45 heavy (non-hydrogen) atoms. The summed E-state index contributed by atoms with van der Waals surface area (Å²) in [6, 6.07) is 2.77. The first-order valence-corrected chi connectivity index (χ1v) is 14.6. The van der Waals surface area contributed by atoms with E-state index in [2.05, 4.69) is 5.32 Å². The number of carbonyl (C=O) groups excluding carboxylic acids is 3. The van der Waals surface area contributed by atoms with Gasteiger partial charge >= 0.3 is 5.97 Å². The van der Waals surface area contributed by atoms with Crippen molar-refractivity contribution in [1.82, 2.24) is 20.0 Å². The number of ketones is 2. The van der Waals surface area contributed by atoms with Crippen LogP contribution in [0.2, 0.25) is 0 Å². The number of rotatable bonds is 7. The number of β-amino-alcohol motifs (C(OH)–C–C–N with tert-alkyl or cyclic N) is 1. The van der Waals surface area contributed by atoms with Crippen LogP contribution in [-0.2, 0) is 24.8 Å². The van der Waals surface area contributed by atoms with Crippen molar-refractivity contribution in [2.45, 2.75) is 36.8 Å². The second-order valence-corrected chi connectivity index (χ2v) is 12.4. The highest BCUT2D eigenvalue weighted by atomic mass is 16.4. The SMILES string of the molecule is CN(C)[C@@H]1C(=O)C(C(=O)NC(C(=O)O)N2CCN(CCO)CC2)=C(O)[C@@]2(O)C(=O)C3=C(O)c4c(O)cccc4[C@@](C)(O)C3C[C@@H]12. The summed E-state index contributed by atoms with van der Waals surface area (Å²) in [5.74, 6) is -10.1. The molecule has 3 aliphatic carbocycles. The fourth-order valence-electron chi connectivity index (χ4n) is 7.37. The Hall–Kier alpha value is -3.86. The molecular formula is C30H38N4O11. The van der Waals surface area contributed by atoms with Crippen LogP contribution in [0.4, 0.5) is 0 Å². The van der Waals surface area contributed by atoms with E-state index in [1.807, 2.05) is 4.90 Å². The van der Waals surface area contributed by atoms with E-state index in [4.69, 9.17) is 0 Å². The lowest BCUT2D eigenvalue weighted by Gasteiger charge is -2.53. The number of Topliss-reactive ketones (excluding diaryl/α,β-unsaturated/α-hetero) is 2. The third-order valence-corrected chi connectivity index (χ3v) is 9.69. The van der Waals surface area contributed by atoms with Gasteiger partial charge in [-0.15, -0.1) is 0 Å². The van der Waals surface area contributed by atoms with Crippen LogP contribution < -0.4 is 5.32 Å². The predicted octanol–water partition coefficient (Wildman–Crippen LogP) is -1.72. The maximum atomic E-state index is 14.2. The molecule has 0 spiro atoms. The lowest BCUT2D eigenvalue weighted by Crippen LogP contribution is -2.67. The Morgan fingerprint density at radius 2 is 1.73 bits per heavy atom. The third kappa shape index (κ3) is 4.90. The summed E-state index contributed by atoms with van der Waals surface area (Å²) in [5, 5.41) is 78.3. The number of hydrogen-bond acceptors (Lipinski definition) is 13. The van der Waals surface area contributed by atoms with Crippen molar-refractivity contribution < 1.29 is 54.9 Å². The molecular weight excluding hydrogens is 592 g/mol. The number of phenolic OH excluding ortho intramolecular Hbond substituents is 1. The molecule has 1 saturated carbocycles. The normalized spacial score (nSPS) is 31.4. The Morgan fingerprint density at radius 1 is 1.09 bits per heavy atom. The molecule has 6 atom stereocenters. The van der Waals surface area contributed by atoms with Gasteiger partial charge in [-0.2, -0.15) is 0 Å². The van der Waals surface area contributed by atoms with E-state index >= 15 is 0 Å². The monoisotopic (exact) mass is 630 g/mol. The van der Waals surface area contributed by atoms with Gasteiger partial charge in [0.15, 0.2) is 17.6 Å². The van der Waals surface area contributed by atoms with Crippen molar-refractivity contribution in [2.75, 3.05) is 53.4 Å². The van der Waals surface area contributed by atoms with Crippen molar-refractivity contribution in [3.63, 3.8) is 0 Å². The van der Waals surface area contributed by atoms with Crippen molar-refractivity contribution in [1.29, 1.82) is 0 Å². The van der Waals surface area contributed by atoms with E-state index in [0.29, 0.717) is 19.6 Å². The number of nitrogens with one attached hydrogen (secondary N) is 1. The van der Waals surface area contributed by atoms with Gasteiger partial charge in [-0.05, 0) is 39.1 Å². The summed E-state index contributed by atoms with van der Waals surface area (Å²) >= 11 is 0. The molecule has 15 nitrogen and oxygen atoms in total. The van der Waals surface area contributed by atoms with Gasteiger partial charge in [0.25, 0.3) is 5.91 Å². The number of aliphatic carboxylic acids is 1.